The number of hydrogen-bond acceptors (Lipinski definition) is 4. The van der Waals surface area contributed by atoms with E-state index in [1.807, 2.05) is 0 Å². The average molecular weight is 279 g/mol. The van der Waals surface area contributed by atoms with E-state index in [9.17, 15) is 4.39 Å². The molecule has 0 fully saturated rings. The van der Waals surface area contributed by atoms with Gasteiger partial charge in [0.05, 0.1) is 6.04 Å². The van der Waals surface area contributed by atoms with Gasteiger partial charge in [0.2, 0.25) is 0 Å². The number of halogens is 1. The summed E-state index contributed by atoms with van der Waals surface area (Å²) in [7, 11) is 0. The largest absolute Gasteiger partial charge is 0.398 e. The average Bonchev–Trinajstić information content (AvgIpc) is 2.87. The number of nitrogens with two attached hydrogens (primary N) is 2. The van der Waals surface area contributed by atoms with Crippen LogP contribution >= 0.6 is 11.3 Å². The molecule has 0 aliphatic rings. The molecular formula is C14H18FN3S. The van der Waals surface area contributed by atoms with E-state index in [0.29, 0.717) is 17.7 Å². The molecule has 1 aromatic heterocycles. The van der Waals surface area contributed by atoms with Crippen LogP contribution in [-0.2, 0) is 12.8 Å². The first kappa shape index (κ1) is 14.0. The number of rotatable bonds is 5. The molecule has 0 aliphatic carbocycles. The van der Waals surface area contributed by atoms with Gasteiger partial charge in [-0.1, -0.05) is 6.92 Å². The van der Waals surface area contributed by atoms with Gasteiger partial charge in [0.25, 0.3) is 0 Å². The van der Waals surface area contributed by atoms with Crippen LogP contribution in [0.15, 0.2) is 30.3 Å². The maximum atomic E-state index is 13.3. The number of nitrogens with one attached hydrogen (secondary N) is 1. The SMILES string of the molecule is CCc1ccc(CC(NN)c2cc(F)ccc2N)s1. The highest BCUT2D eigenvalue weighted by atomic mass is 32.1. The van der Waals surface area contributed by atoms with Gasteiger partial charge in [-0.25, -0.2) is 4.39 Å². The summed E-state index contributed by atoms with van der Waals surface area (Å²) in [4.78, 5) is 2.54. The Morgan fingerprint density at radius 3 is 2.63 bits per heavy atom. The van der Waals surface area contributed by atoms with Crippen LogP contribution in [0.2, 0.25) is 0 Å². The standard InChI is InChI=1S/C14H18FN3S/c1-2-10-4-5-11(19-10)8-14(18-17)12-7-9(15)3-6-13(12)16/h3-7,14,18H,2,8,16-17H2,1H3. The summed E-state index contributed by atoms with van der Waals surface area (Å²) < 4.78 is 13.3. The molecule has 0 saturated heterocycles. The quantitative estimate of drug-likeness (QED) is 0.448. The Morgan fingerprint density at radius 2 is 2.00 bits per heavy atom. The molecule has 0 spiro atoms. The molecule has 0 aliphatic heterocycles. The van der Waals surface area contributed by atoms with Gasteiger partial charge in [0.15, 0.2) is 0 Å². The highest BCUT2D eigenvalue weighted by Crippen LogP contribution is 2.27. The van der Waals surface area contributed by atoms with E-state index in [1.54, 1.807) is 17.4 Å². The van der Waals surface area contributed by atoms with Gasteiger partial charge in [-0.15, -0.1) is 11.3 Å². The molecule has 1 aromatic carbocycles. The van der Waals surface area contributed by atoms with Crippen LogP contribution < -0.4 is 17.0 Å². The van der Waals surface area contributed by atoms with Gasteiger partial charge < -0.3 is 5.73 Å². The first-order chi connectivity index (χ1) is 9.13. The molecule has 3 nitrogen and oxygen atoms in total. The second kappa shape index (κ2) is 6.14. The third kappa shape index (κ3) is 3.32. The first-order valence-electron chi connectivity index (χ1n) is 6.22. The molecule has 5 N–H and O–H groups in total. The number of hydrazine groups is 1. The van der Waals surface area contributed by atoms with Crippen LogP contribution in [0.5, 0.6) is 0 Å². The van der Waals surface area contributed by atoms with Crippen molar-refractivity contribution in [1.29, 1.82) is 0 Å². The van der Waals surface area contributed by atoms with E-state index in [2.05, 4.69) is 24.5 Å². The summed E-state index contributed by atoms with van der Waals surface area (Å²) in [5.41, 5.74) is 9.87. The van der Waals surface area contributed by atoms with Gasteiger partial charge in [-0.3, -0.25) is 11.3 Å². The molecule has 0 radical (unpaired) electrons. The second-order valence-electron chi connectivity index (χ2n) is 4.42. The summed E-state index contributed by atoms with van der Waals surface area (Å²) >= 11 is 1.75. The van der Waals surface area contributed by atoms with E-state index in [0.717, 1.165) is 6.42 Å². The summed E-state index contributed by atoms with van der Waals surface area (Å²) in [5.74, 6) is 5.29. The predicted molar refractivity (Wildman–Crippen MR) is 78.3 cm³/mol. The summed E-state index contributed by atoms with van der Waals surface area (Å²) in [6, 6.07) is 8.38. The molecule has 5 heteroatoms. The number of nitrogen functional groups attached to an aromatic ring is 1. The number of anilines is 1. The zero-order valence-corrected chi connectivity index (χ0v) is 11.6. The predicted octanol–water partition coefficient (Wildman–Crippen LogP) is 2.78. The van der Waals surface area contributed by atoms with E-state index in [-0.39, 0.29) is 11.9 Å². The minimum Gasteiger partial charge on any atom is -0.398 e. The van der Waals surface area contributed by atoms with Crippen LogP contribution in [0.3, 0.4) is 0 Å². The minimum absolute atomic E-state index is 0.181. The lowest BCUT2D eigenvalue weighted by atomic mass is 10.0. The lowest BCUT2D eigenvalue weighted by Gasteiger charge is -2.17. The van der Waals surface area contributed by atoms with Crippen LogP contribution in [0.1, 0.15) is 28.3 Å². The van der Waals surface area contributed by atoms with E-state index in [4.69, 9.17) is 11.6 Å². The van der Waals surface area contributed by atoms with Crippen molar-refractivity contribution in [3.63, 3.8) is 0 Å². The van der Waals surface area contributed by atoms with Gasteiger partial charge in [-0.2, -0.15) is 0 Å². The summed E-state index contributed by atoms with van der Waals surface area (Å²) in [5, 5.41) is 0. The Balaban J connectivity index is 2.22. The molecule has 0 bridgehead atoms. The molecule has 0 amide bonds. The van der Waals surface area contributed by atoms with Gasteiger partial charge in [0, 0.05) is 21.9 Å². The fraction of sp³-hybridized carbons (Fsp3) is 0.286. The maximum Gasteiger partial charge on any atom is 0.123 e. The van der Waals surface area contributed by atoms with Gasteiger partial charge in [0.1, 0.15) is 5.82 Å². The number of thiophene rings is 1. The zero-order chi connectivity index (χ0) is 13.8. The highest BCUT2D eigenvalue weighted by Gasteiger charge is 2.15. The molecule has 19 heavy (non-hydrogen) atoms. The smallest absolute Gasteiger partial charge is 0.123 e. The monoisotopic (exact) mass is 279 g/mol. The van der Waals surface area contributed by atoms with Crippen molar-refractivity contribution in [2.24, 2.45) is 5.84 Å². The van der Waals surface area contributed by atoms with Crippen LogP contribution in [0.25, 0.3) is 0 Å². The fourth-order valence-electron chi connectivity index (χ4n) is 2.03. The lowest BCUT2D eigenvalue weighted by molar-refractivity contribution is 0.549. The van der Waals surface area contributed by atoms with Crippen molar-refractivity contribution in [2.75, 3.05) is 5.73 Å². The molecule has 1 unspecified atom stereocenters. The highest BCUT2D eigenvalue weighted by molar-refractivity contribution is 7.11. The van der Waals surface area contributed by atoms with Crippen molar-refractivity contribution in [3.8, 4) is 0 Å². The summed E-state index contributed by atoms with van der Waals surface area (Å²) in [6.45, 7) is 2.12. The third-order valence-electron chi connectivity index (χ3n) is 3.10. The third-order valence-corrected chi connectivity index (χ3v) is 4.35. The molecule has 102 valence electrons. The normalized spacial score (nSPS) is 12.6. The lowest BCUT2D eigenvalue weighted by Crippen LogP contribution is -2.30. The maximum absolute atomic E-state index is 13.3. The Kier molecular flexibility index (Phi) is 4.52. The van der Waals surface area contributed by atoms with Crippen molar-refractivity contribution < 1.29 is 4.39 Å². The van der Waals surface area contributed by atoms with Crippen molar-refractivity contribution in [1.82, 2.24) is 5.43 Å². The topological polar surface area (TPSA) is 64.1 Å². The van der Waals surface area contributed by atoms with Crippen molar-refractivity contribution >= 4 is 17.0 Å². The Morgan fingerprint density at radius 1 is 1.26 bits per heavy atom. The van der Waals surface area contributed by atoms with Crippen molar-refractivity contribution in [2.45, 2.75) is 25.8 Å². The Bertz CT molecular complexity index is 553. The van der Waals surface area contributed by atoms with Crippen LogP contribution in [0, 0.1) is 5.82 Å². The van der Waals surface area contributed by atoms with E-state index >= 15 is 0 Å². The molecular weight excluding hydrogens is 261 g/mol. The fourth-order valence-corrected chi connectivity index (χ4v) is 3.03. The van der Waals surface area contributed by atoms with E-state index < -0.39 is 0 Å². The van der Waals surface area contributed by atoms with Gasteiger partial charge in [-0.05, 0) is 42.3 Å². The first-order valence-corrected chi connectivity index (χ1v) is 7.04. The molecule has 0 saturated carbocycles. The number of aryl methyl sites for hydroxylation is 1. The Hall–Kier alpha value is -1.43. The molecule has 2 rings (SSSR count). The Labute approximate surface area is 116 Å². The van der Waals surface area contributed by atoms with Crippen LogP contribution in [0.4, 0.5) is 10.1 Å². The molecule has 1 atom stereocenters. The zero-order valence-electron chi connectivity index (χ0n) is 10.8. The number of hydrogen-bond donors (Lipinski definition) is 3. The molecule has 2 aromatic rings. The van der Waals surface area contributed by atoms with Gasteiger partial charge >= 0.3 is 0 Å². The van der Waals surface area contributed by atoms with E-state index in [1.165, 1.54) is 21.9 Å². The van der Waals surface area contributed by atoms with Crippen molar-refractivity contribution in [3.05, 3.63) is 51.5 Å². The number of benzene rings is 1. The van der Waals surface area contributed by atoms with Crippen LogP contribution in [-0.4, -0.2) is 0 Å². The minimum atomic E-state index is -0.301. The second-order valence-corrected chi connectivity index (χ2v) is 5.67. The molecule has 1 heterocycles. The summed E-state index contributed by atoms with van der Waals surface area (Å²) in [6.07, 6.45) is 1.72.